The van der Waals surface area contributed by atoms with Gasteiger partial charge < -0.3 is 19.7 Å². The van der Waals surface area contributed by atoms with E-state index < -0.39 is 36.2 Å². The lowest BCUT2D eigenvalue weighted by atomic mass is 10.0. The highest BCUT2D eigenvalue weighted by Gasteiger charge is 2.53. The van der Waals surface area contributed by atoms with Gasteiger partial charge in [0.1, 0.15) is 42.5 Å². The largest absolute Gasteiger partial charge is 0.457 e. The third kappa shape index (κ3) is 5.06. The van der Waals surface area contributed by atoms with Gasteiger partial charge in [0.25, 0.3) is 5.91 Å². The highest BCUT2D eigenvalue weighted by Crippen LogP contribution is 2.30. The van der Waals surface area contributed by atoms with E-state index in [1.54, 1.807) is 24.3 Å². The van der Waals surface area contributed by atoms with Crippen molar-refractivity contribution in [1.82, 2.24) is 10.2 Å². The minimum absolute atomic E-state index is 0.0935. The first-order chi connectivity index (χ1) is 15.8. The minimum Gasteiger partial charge on any atom is -0.457 e. The number of hydrogen-bond acceptors (Lipinski definition) is 5. The lowest BCUT2D eigenvalue weighted by Gasteiger charge is -2.28. The van der Waals surface area contributed by atoms with Crippen LogP contribution in [0.1, 0.15) is 30.6 Å². The first kappa shape index (κ1) is 22.9. The molecule has 0 radical (unpaired) electrons. The Labute approximate surface area is 191 Å². The molecule has 0 bridgehead atoms. The van der Waals surface area contributed by atoms with E-state index >= 15 is 0 Å². The predicted octanol–water partition coefficient (Wildman–Crippen LogP) is 3.14. The van der Waals surface area contributed by atoms with Crippen LogP contribution in [0.2, 0.25) is 0 Å². The maximum atomic E-state index is 14.3. The average molecular weight is 454 g/mol. The number of amides is 2. The normalized spacial score (nSPS) is 22.8. The summed E-state index contributed by atoms with van der Waals surface area (Å²) < 4.78 is 25.3. The molecule has 2 fully saturated rings. The molecule has 0 saturated carbocycles. The van der Waals surface area contributed by atoms with Crippen molar-refractivity contribution in [3.63, 3.8) is 0 Å². The number of hydrogen-bond donors (Lipinski definition) is 1. The van der Waals surface area contributed by atoms with Crippen molar-refractivity contribution in [2.24, 2.45) is 5.92 Å². The molecule has 8 heteroatoms. The molecule has 2 aliphatic heterocycles. The summed E-state index contributed by atoms with van der Waals surface area (Å²) in [6, 6.07) is 14.0. The Kier molecular flexibility index (Phi) is 6.74. The molecule has 2 amide bonds. The average Bonchev–Trinajstić information content (AvgIpc) is 3.34. The van der Waals surface area contributed by atoms with Gasteiger partial charge in [-0.05, 0) is 48.7 Å². The summed E-state index contributed by atoms with van der Waals surface area (Å²) in [7, 11) is 0. The van der Waals surface area contributed by atoms with Crippen molar-refractivity contribution in [1.29, 1.82) is 0 Å². The molecule has 4 atom stereocenters. The summed E-state index contributed by atoms with van der Waals surface area (Å²) >= 11 is 0. The number of carbonyl (C=O) groups is 3. The van der Waals surface area contributed by atoms with Crippen molar-refractivity contribution >= 4 is 17.6 Å². The second-order valence-corrected chi connectivity index (χ2v) is 8.79. The molecule has 1 N–H and O–H groups in total. The summed E-state index contributed by atoms with van der Waals surface area (Å²) in [5, 5.41) is 2.77. The molecule has 2 aliphatic rings. The van der Waals surface area contributed by atoms with Crippen LogP contribution >= 0.6 is 0 Å². The number of nitrogens with zero attached hydrogens (tertiary/aromatic N) is 1. The van der Waals surface area contributed by atoms with Gasteiger partial charge in [0.15, 0.2) is 5.78 Å². The topological polar surface area (TPSA) is 84.9 Å². The van der Waals surface area contributed by atoms with E-state index in [4.69, 9.17) is 9.47 Å². The highest BCUT2D eigenvalue weighted by atomic mass is 19.1. The number of halogens is 1. The smallest absolute Gasteiger partial charge is 0.251 e. The minimum atomic E-state index is -1.42. The van der Waals surface area contributed by atoms with Crippen LogP contribution in [-0.2, 0) is 14.3 Å². The molecule has 7 nitrogen and oxygen atoms in total. The first-order valence-electron chi connectivity index (χ1n) is 11.1. The van der Waals surface area contributed by atoms with E-state index in [2.05, 4.69) is 5.32 Å². The summed E-state index contributed by atoms with van der Waals surface area (Å²) in [6.07, 6.45) is -1.98. The van der Waals surface area contributed by atoms with Gasteiger partial charge in [-0.15, -0.1) is 0 Å². The number of ether oxygens (including phenoxy) is 2. The number of alkyl halides is 1. The Morgan fingerprint density at radius 3 is 2.45 bits per heavy atom. The fourth-order valence-corrected chi connectivity index (χ4v) is 4.26. The molecular weight excluding hydrogens is 427 g/mol. The zero-order valence-electron chi connectivity index (χ0n) is 18.6. The number of rotatable bonds is 7. The molecule has 2 aromatic carbocycles. The fourth-order valence-electron chi connectivity index (χ4n) is 4.26. The Balaban J connectivity index is 1.45. The van der Waals surface area contributed by atoms with Crippen LogP contribution in [-0.4, -0.2) is 60.0 Å². The Morgan fingerprint density at radius 1 is 1.12 bits per heavy atom. The maximum absolute atomic E-state index is 14.3. The van der Waals surface area contributed by atoms with E-state index in [-0.39, 0.29) is 24.9 Å². The van der Waals surface area contributed by atoms with E-state index in [0.717, 1.165) is 0 Å². The van der Waals surface area contributed by atoms with E-state index in [1.807, 2.05) is 44.2 Å². The number of nitrogens with one attached hydrogen (secondary N) is 1. The van der Waals surface area contributed by atoms with Crippen molar-refractivity contribution in [3.05, 3.63) is 60.2 Å². The maximum Gasteiger partial charge on any atom is 0.251 e. The van der Waals surface area contributed by atoms with Crippen molar-refractivity contribution in [2.75, 3.05) is 13.2 Å². The van der Waals surface area contributed by atoms with Crippen LogP contribution in [0.3, 0.4) is 0 Å². The summed E-state index contributed by atoms with van der Waals surface area (Å²) in [5.74, 6) is 0.146. The molecule has 0 unspecified atom stereocenters. The van der Waals surface area contributed by atoms with Crippen LogP contribution in [0.5, 0.6) is 11.5 Å². The molecule has 2 saturated heterocycles. The van der Waals surface area contributed by atoms with Crippen LogP contribution in [0.15, 0.2) is 54.6 Å². The van der Waals surface area contributed by atoms with Gasteiger partial charge in [0.2, 0.25) is 5.91 Å². The van der Waals surface area contributed by atoms with Gasteiger partial charge in [0, 0.05) is 5.56 Å². The number of fused-ring (bicyclic) bond motifs is 1. The summed E-state index contributed by atoms with van der Waals surface area (Å²) in [4.78, 5) is 39.6. The number of benzene rings is 2. The monoisotopic (exact) mass is 454 g/mol. The van der Waals surface area contributed by atoms with E-state index in [1.165, 1.54) is 4.90 Å². The van der Waals surface area contributed by atoms with Crippen molar-refractivity contribution < 1.29 is 28.2 Å². The number of ketones is 1. The summed E-state index contributed by atoms with van der Waals surface area (Å²) in [6.45, 7) is 3.45. The molecule has 0 aromatic heterocycles. The molecule has 33 heavy (non-hydrogen) atoms. The number of para-hydroxylation sites is 1. The van der Waals surface area contributed by atoms with Gasteiger partial charge in [0.05, 0.1) is 6.54 Å². The van der Waals surface area contributed by atoms with Gasteiger partial charge in [-0.1, -0.05) is 32.0 Å². The quantitative estimate of drug-likeness (QED) is 0.695. The fraction of sp³-hybridized carbons (Fsp3) is 0.400. The van der Waals surface area contributed by atoms with Gasteiger partial charge in [-0.2, -0.15) is 0 Å². The van der Waals surface area contributed by atoms with Crippen molar-refractivity contribution in [2.45, 2.75) is 44.6 Å². The number of likely N-dealkylation sites (tertiary alicyclic amines) is 1. The molecular formula is C25H27FN2O5. The Bertz CT molecular complexity index is 1010. The molecule has 4 rings (SSSR count). The van der Waals surface area contributed by atoms with Crippen LogP contribution in [0.4, 0.5) is 4.39 Å². The third-order valence-corrected chi connectivity index (χ3v) is 5.81. The molecule has 2 aromatic rings. The van der Waals surface area contributed by atoms with Crippen LogP contribution in [0, 0.1) is 5.92 Å². The summed E-state index contributed by atoms with van der Waals surface area (Å²) in [5.41, 5.74) is 0.361. The molecule has 0 aliphatic carbocycles. The third-order valence-electron chi connectivity index (χ3n) is 5.81. The molecule has 2 heterocycles. The second kappa shape index (κ2) is 9.70. The number of carbonyl (C=O) groups excluding carboxylic acids is 3. The highest BCUT2D eigenvalue weighted by molar-refractivity contribution is 5.99. The standard InChI is InChI=1S/C25H27FN2O5/c1-15(2)12-20(25(31)28-13-19(26)23-22(28)21(29)14-32-23)27-24(30)16-8-10-18(11-9-16)33-17-6-4-3-5-7-17/h3-11,15,19-20,22-23H,12-14H2,1-2H3,(H,27,30)/t19-,20-,22+,23+/m0/s1. The second-order valence-electron chi connectivity index (χ2n) is 8.79. The van der Waals surface area contributed by atoms with E-state index in [0.29, 0.717) is 23.5 Å². The Morgan fingerprint density at radius 2 is 1.79 bits per heavy atom. The van der Waals surface area contributed by atoms with Crippen LogP contribution < -0.4 is 10.1 Å². The zero-order valence-corrected chi connectivity index (χ0v) is 18.6. The molecule has 174 valence electrons. The number of Topliss-reactive ketones (excluding diaryl/α,β-unsaturated/α-hetero) is 1. The van der Waals surface area contributed by atoms with Crippen molar-refractivity contribution in [3.8, 4) is 11.5 Å². The van der Waals surface area contributed by atoms with Gasteiger partial charge in [-0.3, -0.25) is 14.4 Å². The lowest BCUT2D eigenvalue weighted by Crippen LogP contribution is -2.52. The Hall–Kier alpha value is -3.26. The zero-order chi connectivity index (χ0) is 23.5. The molecule has 0 spiro atoms. The van der Waals surface area contributed by atoms with Gasteiger partial charge in [-0.25, -0.2) is 4.39 Å². The van der Waals surface area contributed by atoms with Crippen LogP contribution in [0.25, 0.3) is 0 Å². The predicted molar refractivity (Wildman–Crippen MR) is 119 cm³/mol. The first-order valence-corrected chi connectivity index (χ1v) is 11.1. The lowest BCUT2D eigenvalue weighted by molar-refractivity contribution is -0.138. The SMILES string of the molecule is CC(C)C[C@H](NC(=O)c1ccc(Oc2ccccc2)cc1)C(=O)N1C[C@H](F)[C@H]2OCC(=O)[C@H]21. The van der Waals surface area contributed by atoms with E-state index in [9.17, 15) is 18.8 Å². The van der Waals surface area contributed by atoms with Gasteiger partial charge >= 0.3 is 0 Å².